The number of aromatic carboxylic acids is 1. The number of amides is 1. The third-order valence-electron chi connectivity index (χ3n) is 4.46. The van der Waals surface area contributed by atoms with Crippen molar-refractivity contribution in [3.05, 3.63) is 47.0 Å². The maximum atomic E-state index is 12.7. The minimum atomic E-state index is -1.01. The molecule has 126 valence electrons. The van der Waals surface area contributed by atoms with Gasteiger partial charge in [0, 0.05) is 50.0 Å². The molecule has 0 aromatic carbocycles. The molecule has 2 N–H and O–H groups in total. The minimum Gasteiger partial charge on any atom is -0.478 e. The highest BCUT2D eigenvalue weighted by atomic mass is 16.4. The maximum Gasteiger partial charge on any atom is 0.337 e. The number of H-pyrrole nitrogens is 1. The Balaban J connectivity index is 1.72. The van der Waals surface area contributed by atoms with Gasteiger partial charge in [0.2, 0.25) is 0 Å². The molecule has 1 aliphatic heterocycles. The van der Waals surface area contributed by atoms with E-state index in [0.717, 1.165) is 18.8 Å². The van der Waals surface area contributed by atoms with Gasteiger partial charge in [0.1, 0.15) is 5.69 Å². The molecule has 1 aliphatic rings. The summed E-state index contributed by atoms with van der Waals surface area (Å²) in [6.45, 7) is 6.02. The second-order valence-corrected chi connectivity index (χ2v) is 5.91. The summed E-state index contributed by atoms with van der Waals surface area (Å²) in [5.41, 5.74) is 2.67. The summed E-state index contributed by atoms with van der Waals surface area (Å²) in [5, 5.41) is 9.26. The van der Waals surface area contributed by atoms with E-state index in [9.17, 15) is 14.7 Å². The zero-order valence-electron chi connectivity index (χ0n) is 13.7. The molecular formula is C17H20N4O3. The van der Waals surface area contributed by atoms with E-state index in [-0.39, 0.29) is 11.5 Å². The first-order valence-corrected chi connectivity index (χ1v) is 7.85. The van der Waals surface area contributed by atoms with Crippen LogP contribution in [0.2, 0.25) is 0 Å². The quantitative estimate of drug-likeness (QED) is 0.895. The van der Waals surface area contributed by atoms with Gasteiger partial charge in [-0.25, -0.2) is 4.79 Å². The van der Waals surface area contributed by atoms with Crippen molar-refractivity contribution < 1.29 is 14.7 Å². The summed E-state index contributed by atoms with van der Waals surface area (Å²) >= 11 is 0. The number of carboxylic acids is 1. The fourth-order valence-corrected chi connectivity index (χ4v) is 3.17. The van der Waals surface area contributed by atoms with Crippen LogP contribution in [-0.4, -0.2) is 58.0 Å². The first kappa shape index (κ1) is 16.0. The van der Waals surface area contributed by atoms with Gasteiger partial charge in [0.05, 0.1) is 5.56 Å². The number of hydrogen-bond donors (Lipinski definition) is 2. The molecule has 1 fully saturated rings. The van der Waals surface area contributed by atoms with E-state index in [2.05, 4.69) is 14.9 Å². The molecule has 7 heteroatoms. The highest BCUT2D eigenvalue weighted by Crippen LogP contribution is 2.21. The topological polar surface area (TPSA) is 89.5 Å². The number of aromatic amines is 1. The standard InChI is InChI=1S/C17H20N4O3/c1-11-14(17(23)24)12(2)19-15(11)16(22)21-9-7-20(8-10-21)13-3-5-18-6-4-13/h3-6,19H,7-10H2,1-2H3,(H,23,24). The van der Waals surface area contributed by atoms with Crippen LogP contribution in [-0.2, 0) is 0 Å². The summed E-state index contributed by atoms with van der Waals surface area (Å²) in [4.78, 5) is 35.0. The number of carbonyl (C=O) groups is 2. The van der Waals surface area contributed by atoms with E-state index in [1.807, 2.05) is 12.1 Å². The van der Waals surface area contributed by atoms with Crippen LogP contribution in [0, 0.1) is 13.8 Å². The van der Waals surface area contributed by atoms with Gasteiger partial charge in [0.25, 0.3) is 5.91 Å². The lowest BCUT2D eigenvalue weighted by Crippen LogP contribution is -2.49. The second kappa shape index (κ2) is 6.35. The van der Waals surface area contributed by atoms with Gasteiger partial charge in [-0.2, -0.15) is 0 Å². The lowest BCUT2D eigenvalue weighted by atomic mass is 10.1. The number of nitrogens with one attached hydrogen (secondary N) is 1. The largest absolute Gasteiger partial charge is 0.478 e. The number of rotatable bonds is 3. The van der Waals surface area contributed by atoms with Crippen LogP contribution < -0.4 is 4.90 Å². The van der Waals surface area contributed by atoms with Crippen LogP contribution in [0.5, 0.6) is 0 Å². The molecule has 0 saturated carbocycles. The Morgan fingerprint density at radius 2 is 1.75 bits per heavy atom. The van der Waals surface area contributed by atoms with Crippen LogP contribution in [0.25, 0.3) is 0 Å². The molecule has 1 saturated heterocycles. The predicted octanol–water partition coefficient (Wildman–Crippen LogP) is 1.69. The number of hydrogen-bond acceptors (Lipinski definition) is 4. The molecule has 0 spiro atoms. The molecule has 24 heavy (non-hydrogen) atoms. The van der Waals surface area contributed by atoms with Gasteiger partial charge in [0.15, 0.2) is 0 Å². The molecule has 0 atom stereocenters. The molecule has 3 rings (SSSR count). The van der Waals surface area contributed by atoms with E-state index in [1.54, 1.807) is 31.1 Å². The Labute approximate surface area is 139 Å². The molecule has 0 unspecified atom stereocenters. The fourth-order valence-electron chi connectivity index (χ4n) is 3.17. The second-order valence-electron chi connectivity index (χ2n) is 5.91. The summed E-state index contributed by atoms with van der Waals surface area (Å²) in [6.07, 6.45) is 3.51. The average Bonchev–Trinajstić information content (AvgIpc) is 2.89. The van der Waals surface area contributed by atoms with Gasteiger partial charge >= 0.3 is 5.97 Å². The summed E-state index contributed by atoms with van der Waals surface area (Å²) < 4.78 is 0. The molecule has 0 radical (unpaired) electrons. The molecule has 2 aromatic heterocycles. The third-order valence-corrected chi connectivity index (χ3v) is 4.46. The van der Waals surface area contributed by atoms with Crippen LogP contribution >= 0.6 is 0 Å². The number of carbonyl (C=O) groups excluding carboxylic acids is 1. The lowest BCUT2D eigenvalue weighted by molar-refractivity contribution is 0.0695. The van der Waals surface area contributed by atoms with Crippen molar-refractivity contribution in [3.63, 3.8) is 0 Å². The monoisotopic (exact) mass is 328 g/mol. The van der Waals surface area contributed by atoms with Crippen LogP contribution in [0.1, 0.15) is 32.1 Å². The number of aryl methyl sites for hydroxylation is 1. The van der Waals surface area contributed by atoms with Crippen molar-refractivity contribution in [2.24, 2.45) is 0 Å². The zero-order chi connectivity index (χ0) is 17.3. The summed E-state index contributed by atoms with van der Waals surface area (Å²) in [5.74, 6) is -1.15. The van der Waals surface area contributed by atoms with E-state index in [0.29, 0.717) is 30.0 Å². The van der Waals surface area contributed by atoms with Crippen molar-refractivity contribution in [1.29, 1.82) is 0 Å². The number of aromatic nitrogens is 2. The molecule has 1 amide bonds. The highest BCUT2D eigenvalue weighted by Gasteiger charge is 2.27. The van der Waals surface area contributed by atoms with Crippen LogP contribution in [0.3, 0.4) is 0 Å². The Kier molecular flexibility index (Phi) is 4.24. The molecule has 2 aromatic rings. The Morgan fingerprint density at radius 1 is 1.12 bits per heavy atom. The SMILES string of the molecule is Cc1[nH]c(C(=O)N2CCN(c3ccncc3)CC2)c(C)c1C(=O)O. The summed E-state index contributed by atoms with van der Waals surface area (Å²) in [7, 11) is 0. The van der Waals surface area contributed by atoms with E-state index in [4.69, 9.17) is 0 Å². The highest BCUT2D eigenvalue weighted by molar-refractivity contribution is 6.00. The average molecular weight is 328 g/mol. The van der Waals surface area contributed by atoms with Crippen LogP contribution in [0.15, 0.2) is 24.5 Å². The first-order valence-electron chi connectivity index (χ1n) is 7.85. The van der Waals surface area contributed by atoms with Crippen molar-refractivity contribution in [2.45, 2.75) is 13.8 Å². The van der Waals surface area contributed by atoms with E-state index < -0.39 is 5.97 Å². The van der Waals surface area contributed by atoms with Crippen molar-refractivity contribution in [3.8, 4) is 0 Å². The Morgan fingerprint density at radius 3 is 2.29 bits per heavy atom. The normalized spacial score (nSPS) is 14.8. The van der Waals surface area contributed by atoms with Gasteiger partial charge < -0.3 is 19.9 Å². The fraction of sp³-hybridized carbons (Fsp3) is 0.353. The molecular weight excluding hydrogens is 308 g/mol. The van der Waals surface area contributed by atoms with Gasteiger partial charge in [-0.1, -0.05) is 0 Å². The predicted molar refractivity (Wildman–Crippen MR) is 89.6 cm³/mol. The third kappa shape index (κ3) is 2.84. The number of piperazine rings is 1. The number of nitrogens with zero attached hydrogens (tertiary/aromatic N) is 3. The van der Waals surface area contributed by atoms with Crippen LogP contribution in [0.4, 0.5) is 5.69 Å². The van der Waals surface area contributed by atoms with E-state index in [1.165, 1.54) is 0 Å². The molecule has 3 heterocycles. The Hall–Kier alpha value is -2.83. The number of pyridine rings is 1. The first-order chi connectivity index (χ1) is 11.5. The lowest BCUT2D eigenvalue weighted by Gasteiger charge is -2.36. The number of anilines is 1. The Bertz CT molecular complexity index is 762. The molecule has 7 nitrogen and oxygen atoms in total. The summed E-state index contributed by atoms with van der Waals surface area (Å²) in [6, 6.07) is 3.91. The number of carboxylic acid groups (broad SMARTS) is 1. The van der Waals surface area contributed by atoms with Gasteiger partial charge in [-0.05, 0) is 31.5 Å². The zero-order valence-corrected chi connectivity index (χ0v) is 13.7. The molecule has 0 bridgehead atoms. The minimum absolute atomic E-state index is 0.141. The molecule has 0 aliphatic carbocycles. The van der Waals surface area contributed by atoms with Gasteiger partial charge in [-0.15, -0.1) is 0 Å². The van der Waals surface area contributed by atoms with E-state index >= 15 is 0 Å². The maximum absolute atomic E-state index is 12.7. The van der Waals surface area contributed by atoms with Gasteiger partial charge in [-0.3, -0.25) is 9.78 Å². The smallest absolute Gasteiger partial charge is 0.337 e. The van der Waals surface area contributed by atoms with Crippen molar-refractivity contribution in [2.75, 3.05) is 31.1 Å². The van der Waals surface area contributed by atoms with Crippen molar-refractivity contribution >= 4 is 17.6 Å². The van der Waals surface area contributed by atoms with Crippen molar-refractivity contribution in [1.82, 2.24) is 14.9 Å².